The third-order valence-corrected chi connectivity index (χ3v) is 7.12. The Hall–Kier alpha value is -2.80. The third kappa shape index (κ3) is 4.99. The summed E-state index contributed by atoms with van der Waals surface area (Å²) in [5.41, 5.74) is 2.29. The molecule has 7 heteroatoms. The Balaban J connectivity index is 1.37. The summed E-state index contributed by atoms with van der Waals surface area (Å²) in [4.78, 5) is 15.1. The molecule has 0 unspecified atom stereocenters. The number of rotatable bonds is 8. The van der Waals surface area contributed by atoms with Crippen molar-refractivity contribution in [3.8, 4) is 11.4 Å². The van der Waals surface area contributed by atoms with E-state index in [2.05, 4.69) is 47.1 Å². The zero-order chi connectivity index (χ0) is 22.5. The molecule has 1 aromatic carbocycles. The standard InChI is InChI=1S/C25H30N4O2S/c1-4-13-29-23(22-12-16-31-18(22)2)26-27-25(29)32-19(3)24(30)28-14-10-21(11-15-28)17-20-8-6-5-7-9-20/h4-9,12,16,19,21H,1,10-11,13-15,17H2,2-3H3/t19-/m1/s1. The van der Waals surface area contributed by atoms with Crippen LogP contribution < -0.4 is 0 Å². The van der Waals surface area contributed by atoms with Gasteiger partial charge in [0.1, 0.15) is 5.76 Å². The number of nitrogens with zero attached hydrogens (tertiary/aromatic N) is 4. The van der Waals surface area contributed by atoms with E-state index in [0.717, 1.165) is 54.7 Å². The molecule has 0 aliphatic carbocycles. The second kappa shape index (κ2) is 10.2. The van der Waals surface area contributed by atoms with Gasteiger partial charge in [0, 0.05) is 19.6 Å². The monoisotopic (exact) mass is 450 g/mol. The van der Waals surface area contributed by atoms with E-state index in [0.29, 0.717) is 12.5 Å². The van der Waals surface area contributed by atoms with Crippen LogP contribution in [0.1, 0.15) is 31.1 Å². The van der Waals surface area contributed by atoms with Gasteiger partial charge in [-0.1, -0.05) is 48.2 Å². The SMILES string of the molecule is C=CCn1c(S[C@H](C)C(=O)N2CCC(Cc3ccccc3)CC2)nnc1-c1ccoc1C. The van der Waals surface area contributed by atoms with Crippen LogP contribution in [0.2, 0.25) is 0 Å². The molecule has 0 radical (unpaired) electrons. The normalized spacial score (nSPS) is 15.6. The lowest BCUT2D eigenvalue weighted by atomic mass is 9.90. The Morgan fingerprint density at radius 2 is 2.00 bits per heavy atom. The van der Waals surface area contributed by atoms with Crippen LogP contribution in [0.15, 0.2) is 64.9 Å². The second-order valence-electron chi connectivity index (χ2n) is 8.31. The fraction of sp³-hybridized carbons (Fsp3) is 0.400. The van der Waals surface area contributed by atoms with Crippen LogP contribution in [-0.4, -0.2) is 43.9 Å². The first-order chi connectivity index (χ1) is 15.6. The average molecular weight is 451 g/mol. The minimum Gasteiger partial charge on any atom is -0.469 e. The predicted molar refractivity (Wildman–Crippen MR) is 127 cm³/mol. The number of piperidine rings is 1. The molecule has 1 atom stereocenters. The van der Waals surface area contributed by atoms with Crippen molar-refractivity contribution in [2.75, 3.05) is 13.1 Å². The van der Waals surface area contributed by atoms with Gasteiger partial charge in [0.15, 0.2) is 11.0 Å². The molecule has 168 valence electrons. The van der Waals surface area contributed by atoms with Crippen LogP contribution >= 0.6 is 11.8 Å². The quantitative estimate of drug-likeness (QED) is 0.357. The topological polar surface area (TPSA) is 64.2 Å². The molecule has 32 heavy (non-hydrogen) atoms. The van der Waals surface area contributed by atoms with Crippen LogP contribution in [0.5, 0.6) is 0 Å². The number of carbonyl (C=O) groups excluding carboxylic acids is 1. The minimum absolute atomic E-state index is 0.169. The maximum Gasteiger partial charge on any atom is 0.235 e. The van der Waals surface area contributed by atoms with Gasteiger partial charge in [-0.2, -0.15) is 0 Å². The highest BCUT2D eigenvalue weighted by Crippen LogP contribution is 2.30. The maximum absolute atomic E-state index is 13.1. The van der Waals surface area contributed by atoms with Gasteiger partial charge in [-0.3, -0.25) is 9.36 Å². The molecule has 0 spiro atoms. The van der Waals surface area contributed by atoms with Crippen molar-refractivity contribution in [3.05, 3.63) is 66.6 Å². The molecule has 3 heterocycles. The molecule has 1 fully saturated rings. The minimum atomic E-state index is -0.230. The van der Waals surface area contributed by atoms with Gasteiger partial charge in [0.25, 0.3) is 0 Å². The zero-order valence-electron chi connectivity index (χ0n) is 18.7. The fourth-order valence-electron chi connectivity index (χ4n) is 4.26. The summed E-state index contributed by atoms with van der Waals surface area (Å²) in [5.74, 6) is 2.34. The largest absolute Gasteiger partial charge is 0.469 e. The van der Waals surface area contributed by atoms with Crippen LogP contribution in [0.3, 0.4) is 0 Å². The number of benzene rings is 1. The van der Waals surface area contributed by atoms with E-state index >= 15 is 0 Å². The van der Waals surface area contributed by atoms with E-state index in [9.17, 15) is 4.79 Å². The molecule has 4 rings (SSSR count). The summed E-state index contributed by atoms with van der Waals surface area (Å²) in [6.07, 6.45) is 6.66. The first kappa shape index (κ1) is 22.4. The number of hydrogen-bond acceptors (Lipinski definition) is 5. The molecule has 2 aromatic heterocycles. The van der Waals surface area contributed by atoms with Crippen LogP contribution in [0.4, 0.5) is 0 Å². The molecule has 6 nitrogen and oxygen atoms in total. The average Bonchev–Trinajstić information content (AvgIpc) is 3.40. The third-order valence-electron chi connectivity index (χ3n) is 6.05. The van der Waals surface area contributed by atoms with Crippen LogP contribution in [-0.2, 0) is 17.8 Å². The van der Waals surface area contributed by atoms with Gasteiger partial charge in [0.05, 0.1) is 17.1 Å². The molecular formula is C25H30N4O2S. The Morgan fingerprint density at radius 1 is 1.25 bits per heavy atom. The Bertz CT molecular complexity index is 1050. The molecule has 1 saturated heterocycles. The summed E-state index contributed by atoms with van der Waals surface area (Å²) in [5, 5.41) is 9.24. The Kier molecular flexibility index (Phi) is 7.15. The first-order valence-electron chi connectivity index (χ1n) is 11.1. The van der Waals surface area contributed by atoms with Crippen molar-refractivity contribution in [2.45, 2.75) is 50.1 Å². The smallest absolute Gasteiger partial charge is 0.235 e. The number of carbonyl (C=O) groups is 1. The van der Waals surface area contributed by atoms with Gasteiger partial charge in [0.2, 0.25) is 5.91 Å². The number of amides is 1. The number of aryl methyl sites for hydroxylation is 1. The maximum atomic E-state index is 13.1. The van der Waals surface area contributed by atoms with Gasteiger partial charge in [-0.05, 0) is 50.7 Å². The predicted octanol–water partition coefficient (Wildman–Crippen LogP) is 4.99. The van der Waals surface area contributed by atoms with E-state index < -0.39 is 0 Å². The summed E-state index contributed by atoms with van der Waals surface area (Å²) < 4.78 is 7.42. The lowest BCUT2D eigenvalue weighted by Crippen LogP contribution is -2.42. The highest BCUT2D eigenvalue weighted by atomic mass is 32.2. The van der Waals surface area contributed by atoms with Crippen molar-refractivity contribution in [1.29, 1.82) is 0 Å². The van der Waals surface area contributed by atoms with E-state index in [1.165, 1.54) is 17.3 Å². The van der Waals surface area contributed by atoms with Crippen LogP contribution in [0.25, 0.3) is 11.4 Å². The van der Waals surface area contributed by atoms with Crippen molar-refractivity contribution < 1.29 is 9.21 Å². The summed E-state index contributed by atoms with van der Waals surface area (Å²) in [7, 11) is 0. The highest BCUT2D eigenvalue weighted by Gasteiger charge is 2.28. The second-order valence-corrected chi connectivity index (χ2v) is 9.62. The van der Waals surface area contributed by atoms with E-state index in [1.807, 2.05) is 35.5 Å². The molecule has 0 bridgehead atoms. The first-order valence-corrected chi connectivity index (χ1v) is 12.0. The van der Waals surface area contributed by atoms with Gasteiger partial charge in [-0.15, -0.1) is 16.8 Å². The Morgan fingerprint density at radius 3 is 2.66 bits per heavy atom. The molecular weight excluding hydrogens is 420 g/mol. The van der Waals surface area contributed by atoms with Gasteiger partial charge < -0.3 is 9.32 Å². The van der Waals surface area contributed by atoms with Crippen molar-refractivity contribution >= 4 is 17.7 Å². The van der Waals surface area contributed by atoms with Crippen molar-refractivity contribution in [2.24, 2.45) is 5.92 Å². The fourth-order valence-corrected chi connectivity index (χ4v) is 5.20. The molecule has 1 amide bonds. The summed E-state index contributed by atoms with van der Waals surface area (Å²) >= 11 is 1.46. The number of furan rings is 1. The van der Waals surface area contributed by atoms with Gasteiger partial charge >= 0.3 is 0 Å². The lowest BCUT2D eigenvalue weighted by molar-refractivity contribution is -0.131. The Labute approximate surface area is 193 Å². The van der Waals surface area contributed by atoms with Crippen LogP contribution in [0, 0.1) is 12.8 Å². The zero-order valence-corrected chi connectivity index (χ0v) is 19.6. The molecule has 3 aromatic rings. The number of hydrogen-bond donors (Lipinski definition) is 0. The summed E-state index contributed by atoms with van der Waals surface area (Å²) in [6.45, 7) is 9.93. The van der Waals surface area contributed by atoms with E-state index in [4.69, 9.17) is 4.42 Å². The van der Waals surface area contributed by atoms with Crippen molar-refractivity contribution in [1.82, 2.24) is 19.7 Å². The number of allylic oxidation sites excluding steroid dienone is 1. The van der Waals surface area contributed by atoms with Gasteiger partial charge in [-0.25, -0.2) is 0 Å². The van der Waals surface area contributed by atoms with E-state index in [-0.39, 0.29) is 11.2 Å². The summed E-state index contributed by atoms with van der Waals surface area (Å²) in [6, 6.07) is 12.5. The number of thioether (sulfide) groups is 1. The molecule has 0 N–H and O–H groups in total. The number of aromatic nitrogens is 3. The van der Waals surface area contributed by atoms with Crippen molar-refractivity contribution in [3.63, 3.8) is 0 Å². The molecule has 1 aliphatic rings. The van der Waals surface area contributed by atoms with E-state index in [1.54, 1.807) is 6.26 Å². The number of likely N-dealkylation sites (tertiary alicyclic amines) is 1. The molecule has 1 aliphatic heterocycles. The molecule has 0 saturated carbocycles. The highest BCUT2D eigenvalue weighted by molar-refractivity contribution is 8.00. The lowest BCUT2D eigenvalue weighted by Gasteiger charge is -2.33.